The predicted molar refractivity (Wildman–Crippen MR) is 100 cm³/mol. The Hall–Kier alpha value is -1.77. The molecule has 1 heterocycles. The third-order valence-corrected chi connectivity index (χ3v) is 5.63. The fourth-order valence-electron chi connectivity index (χ4n) is 3.32. The number of rotatable bonds is 6. The summed E-state index contributed by atoms with van der Waals surface area (Å²) >= 11 is 0. The van der Waals surface area contributed by atoms with Crippen LogP contribution in [-0.2, 0) is 11.3 Å². The van der Waals surface area contributed by atoms with Gasteiger partial charge < -0.3 is 10.3 Å². The van der Waals surface area contributed by atoms with Crippen molar-refractivity contribution in [3.05, 3.63) is 35.0 Å². The molecule has 0 spiro atoms. The summed E-state index contributed by atoms with van der Waals surface area (Å²) in [5.41, 5.74) is 5.04. The van der Waals surface area contributed by atoms with Crippen LogP contribution in [0.5, 0.6) is 0 Å². The molecule has 2 aromatic rings. The van der Waals surface area contributed by atoms with Crippen LogP contribution in [0, 0.1) is 5.41 Å². The molecule has 0 aliphatic heterocycles. The van der Waals surface area contributed by atoms with E-state index in [0.29, 0.717) is 18.4 Å². The van der Waals surface area contributed by atoms with Crippen molar-refractivity contribution in [3.63, 3.8) is 0 Å². The minimum absolute atomic E-state index is 0.111. The van der Waals surface area contributed by atoms with Crippen molar-refractivity contribution in [2.75, 3.05) is 0 Å². The number of amides is 1. The average molecular weight is 326 g/mol. The third-order valence-electron chi connectivity index (χ3n) is 5.63. The molecule has 0 saturated heterocycles. The van der Waals surface area contributed by atoms with E-state index in [0.717, 1.165) is 25.0 Å². The zero-order valence-electron chi connectivity index (χ0n) is 15.6. The highest BCUT2D eigenvalue weighted by Crippen LogP contribution is 2.45. The Balaban J connectivity index is 1.85. The molecule has 24 heavy (non-hydrogen) atoms. The summed E-state index contributed by atoms with van der Waals surface area (Å²) in [7, 11) is 0. The maximum atomic E-state index is 12.1. The lowest BCUT2D eigenvalue weighted by molar-refractivity contribution is -0.125. The maximum absolute atomic E-state index is 12.1. The van der Waals surface area contributed by atoms with Crippen LogP contribution in [0.25, 0.3) is 10.9 Å². The molecule has 1 atom stereocenters. The lowest BCUT2D eigenvalue weighted by atomic mass is 9.87. The van der Waals surface area contributed by atoms with Gasteiger partial charge in [-0.05, 0) is 60.4 Å². The van der Waals surface area contributed by atoms with Gasteiger partial charge in [0, 0.05) is 22.0 Å². The van der Waals surface area contributed by atoms with Gasteiger partial charge in [0.15, 0.2) is 0 Å². The molecule has 3 rings (SSSR count). The number of nitrogens with one attached hydrogen (secondary N) is 2. The van der Waals surface area contributed by atoms with E-state index in [9.17, 15) is 4.79 Å². The minimum atomic E-state index is -0.111. The van der Waals surface area contributed by atoms with Gasteiger partial charge in [0.25, 0.3) is 0 Å². The Kier molecular flexibility index (Phi) is 4.46. The molecule has 3 heteroatoms. The molecular formula is C21H30N2O. The summed E-state index contributed by atoms with van der Waals surface area (Å²) in [5, 5.41) is 4.32. The topological polar surface area (TPSA) is 44.9 Å². The van der Waals surface area contributed by atoms with Gasteiger partial charge in [-0.1, -0.05) is 34.6 Å². The van der Waals surface area contributed by atoms with Crippen LogP contribution >= 0.6 is 0 Å². The lowest BCUT2D eigenvalue weighted by Gasteiger charge is -2.18. The summed E-state index contributed by atoms with van der Waals surface area (Å²) in [6.45, 7) is 11.7. The number of carbonyl (C=O) groups excluding carboxylic acids is 1. The average Bonchev–Trinajstić information content (AvgIpc) is 3.18. The smallest absolute Gasteiger partial charge is 0.226 e. The zero-order valence-corrected chi connectivity index (χ0v) is 15.6. The van der Waals surface area contributed by atoms with E-state index in [1.807, 2.05) is 6.92 Å². The standard InChI is InChI=1S/C21H30N2O/c1-6-14(4)18-11-19-15(10-17(18)13(2)3)9-16(23-19)12-22-20(24)21(5)7-8-21/h9-11,13-14,23H,6-8,12H2,1-5H3,(H,22,24). The monoisotopic (exact) mass is 326 g/mol. The quantitative estimate of drug-likeness (QED) is 0.751. The van der Waals surface area contributed by atoms with Crippen LogP contribution in [0.15, 0.2) is 18.2 Å². The molecule has 3 nitrogen and oxygen atoms in total. The fourth-order valence-corrected chi connectivity index (χ4v) is 3.32. The van der Waals surface area contributed by atoms with Gasteiger partial charge in [-0.15, -0.1) is 0 Å². The van der Waals surface area contributed by atoms with Gasteiger partial charge in [-0.25, -0.2) is 0 Å². The highest BCUT2D eigenvalue weighted by atomic mass is 16.2. The first-order valence-corrected chi connectivity index (χ1v) is 9.28. The number of hydrogen-bond donors (Lipinski definition) is 2. The van der Waals surface area contributed by atoms with Gasteiger partial charge >= 0.3 is 0 Å². The number of benzene rings is 1. The second kappa shape index (κ2) is 6.27. The molecular weight excluding hydrogens is 296 g/mol. The van der Waals surface area contributed by atoms with Crippen LogP contribution < -0.4 is 5.32 Å². The minimum Gasteiger partial charge on any atom is -0.357 e. The molecule has 1 unspecified atom stereocenters. The number of aromatic amines is 1. The number of hydrogen-bond acceptors (Lipinski definition) is 1. The van der Waals surface area contributed by atoms with Crippen molar-refractivity contribution in [2.45, 2.75) is 72.3 Å². The Bertz CT molecular complexity index is 753. The Morgan fingerprint density at radius 2 is 1.92 bits per heavy atom. The summed E-state index contributed by atoms with van der Waals surface area (Å²) in [6.07, 6.45) is 3.18. The predicted octanol–water partition coefficient (Wildman–Crippen LogP) is 5.22. The molecule has 130 valence electrons. The van der Waals surface area contributed by atoms with Crippen molar-refractivity contribution in [3.8, 4) is 0 Å². The Labute approximate surface area is 145 Å². The molecule has 0 radical (unpaired) electrons. The second-order valence-electron chi connectivity index (χ2n) is 8.07. The maximum Gasteiger partial charge on any atom is 0.226 e. The van der Waals surface area contributed by atoms with Gasteiger partial charge in [-0.3, -0.25) is 4.79 Å². The van der Waals surface area contributed by atoms with Gasteiger partial charge in [0.1, 0.15) is 0 Å². The molecule has 1 aliphatic rings. The summed E-state index contributed by atoms with van der Waals surface area (Å²) in [4.78, 5) is 15.6. The van der Waals surface area contributed by atoms with Crippen molar-refractivity contribution in [2.24, 2.45) is 5.41 Å². The third kappa shape index (κ3) is 3.22. The normalized spacial score (nSPS) is 17.2. The van der Waals surface area contributed by atoms with Crippen molar-refractivity contribution in [1.29, 1.82) is 0 Å². The first kappa shape index (κ1) is 17.1. The van der Waals surface area contributed by atoms with Crippen LogP contribution in [0.4, 0.5) is 0 Å². The number of fused-ring (bicyclic) bond motifs is 1. The van der Waals surface area contributed by atoms with E-state index in [1.165, 1.54) is 22.0 Å². The summed E-state index contributed by atoms with van der Waals surface area (Å²) in [5.74, 6) is 1.27. The zero-order chi connectivity index (χ0) is 17.5. The van der Waals surface area contributed by atoms with E-state index in [4.69, 9.17) is 0 Å². The van der Waals surface area contributed by atoms with Crippen molar-refractivity contribution in [1.82, 2.24) is 10.3 Å². The Morgan fingerprint density at radius 1 is 1.21 bits per heavy atom. The number of aromatic nitrogens is 1. The lowest BCUT2D eigenvalue weighted by Crippen LogP contribution is -2.29. The van der Waals surface area contributed by atoms with Gasteiger partial charge in [0.05, 0.1) is 6.54 Å². The van der Waals surface area contributed by atoms with E-state index in [-0.39, 0.29) is 11.3 Å². The fraction of sp³-hybridized carbons (Fsp3) is 0.571. The van der Waals surface area contributed by atoms with E-state index in [1.54, 1.807) is 0 Å². The molecule has 1 aromatic carbocycles. The molecule has 1 aromatic heterocycles. The van der Waals surface area contributed by atoms with Crippen LogP contribution in [0.2, 0.25) is 0 Å². The summed E-state index contributed by atoms with van der Waals surface area (Å²) in [6, 6.07) is 6.81. The van der Waals surface area contributed by atoms with E-state index < -0.39 is 0 Å². The van der Waals surface area contributed by atoms with Crippen molar-refractivity contribution < 1.29 is 4.79 Å². The highest BCUT2D eigenvalue weighted by Gasteiger charge is 2.44. The molecule has 2 N–H and O–H groups in total. The first-order chi connectivity index (χ1) is 11.3. The van der Waals surface area contributed by atoms with Crippen LogP contribution in [0.3, 0.4) is 0 Å². The highest BCUT2D eigenvalue weighted by molar-refractivity contribution is 5.85. The van der Waals surface area contributed by atoms with Crippen LogP contribution in [0.1, 0.15) is 82.5 Å². The molecule has 0 bridgehead atoms. The van der Waals surface area contributed by atoms with Gasteiger partial charge in [-0.2, -0.15) is 0 Å². The number of carbonyl (C=O) groups is 1. The number of H-pyrrole nitrogens is 1. The second-order valence-corrected chi connectivity index (χ2v) is 8.07. The molecule has 1 fully saturated rings. The summed E-state index contributed by atoms with van der Waals surface area (Å²) < 4.78 is 0. The van der Waals surface area contributed by atoms with Crippen LogP contribution in [-0.4, -0.2) is 10.9 Å². The molecule has 1 saturated carbocycles. The SMILES string of the molecule is CCC(C)c1cc2[nH]c(CNC(=O)C3(C)CC3)cc2cc1C(C)C. The molecule has 1 amide bonds. The van der Waals surface area contributed by atoms with Gasteiger partial charge in [0.2, 0.25) is 5.91 Å². The Morgan fingerprint density at radius 3 is 2.50 bits per heavy atom. The van der Waals surface area contributed by atoms with Crippen molar-refractivity contribution >= 4 is 16.8 Å². The first-order valence-electron chi connectivity index (χ1n) is 9.28. The van der Waals surface area contributed by atoms with E-state index >= 15 is 0 Å². The molecule has 1 aliphatic carbocycles. The van der Waals surface area contributed by atoms with E-state index in [2.05, 4.69) is 56.2 Å². The largest absolute Gasteiger partial charge is 0.357 e.